The number of carboxylic acid groups (broad SMARTS) is 1. The van der Waals surface area contributed by atoms with Crippen LogP contribution in [0.3, 0.4) is 0 Å². The van der Waals surface area contributed by atoms with E-state index in [0.717, 1.165) is 22.3 Å². The number of carbonyl (C=O) groups is 1. The summed E-state index contributed by atoms with van der Waals surface area (Å²) < 4.78 is 0. The van der Waals surface area contributed by atoms with Gasteiger partial charge in [0.25, 0.3) is 0 Å². The van der Waals surface area contributed by atoms with Crippen molar-refractivity contribution >= 4 is 5.97 Å². The maximum absolute atomic E-state index is 11.6. The fraction of sp³-hybridized carbons (Fsp3) is 0.278. The second kappa shape index (κ2) is 5.91. The summed E-state index contributed by atoms with van der Waals surface area (Å²) in [7, 11) is 0. The monoisotopic (exact) mass is 268 g/mol. The van der Waals surface area contributed by atoms with Crippen LogP contribution in [-0.2, 0) is 11.2 Å². The molecule has 2 aromatic carbocycles. The molecule has 0 aromatic heterocycles. The average molecular weight is 268 g/mol. The second-order valence-corrected chi connectivity index (χ2v) is 5.37. The standard InChI is InChI=1S/C18H20O2/c1-12-8-9-16(10-14(12)3)17(18(19)20)11-15-7-5-4-6-13(15)2/h4-10,17H,11H2,1-3H3,(H,19,20). The zero-order valence-corrected chi connectivity index (χ0v) is 12.2. The van der Waals surface area contributed by atoms with Gasteiger partial charge in [-0.25, -0.2) is 0 Å². The van der Waals surface area contributed by atoms with E-state index in [2.05, 4.69) is 0 Å². The van der Waals surface area contributed by atoms with Crippen LogP contribution < -0.4 is 0 Å². The molecule has 0 aliphatic heterocycles. The number of aliphatic carboxylic acids is 1. The Bertz CT molecular complexity index is 629. The molecule has 104 valence electrons. The number of hydrogen-bond donors (Lipinski definition) is 1. The number of benzene rings is 2. The van der Waals surface area contributed by atoms with E-state index >= 15 is 0 Å². The van der Waals surface area contributed by atoms with E-state index in [1.54, 1.807) is 0 Å². The van der Waals surface area contributed by atoms with E-state index < -0.39 is 11.9 Å². The lowest BCUT2D eigenvalue weighted by Gasteiger charge is -2.15. The molecule has 0 spiro atoms. The molecule has 0 radical (unpaired) electrons. The van der Waals surface area contributed by atoms with Crippen molar-refractivity contribution in [1.82, 2.24) is 0 Å². The summed E-state index contributed by atoms with van der Waals surface area (Å²) >= 11 is 0. The molecule has 0 saturated carbocycles. The summed E-state index contributed by atoms with van der Waals surface area (Å²) in [5.74, 6) is -1.26. The van der Waals surface area contributed by atoms with Crippen LogP contribution in [0.25, 0.3) is 0 Å². The SMILES string of the molecule is Cc1ccc(C(Cc2ccccc2C)C(=O)O)cc1C. The van der Waals surface area contributed by atoms with Gasteiger partial charge in [0.2, 0.25) is 0 Å². The molecule has 0 heterocycles. The summed E-state index contributed by atoms with van der Waals surface area (Å²) in [6, 6.07) is 13.9. The highest BCUT2D eigenvalue weighted by Gasteiger charge is 2.21. The van der Waals surface area contributed by atoms with Crippen molar-refractivity contribution in [3.8, 4) is 0 Å². The Kier molecular flexibility index (Phi) is 4.23. The zero-order valence-electron chi connectivity index (χ0n) is 12.2. The smallest absolute Gasteiger partial charge is 0.311 e. The van der Waals surface area contributed by atoms with Crippen LogP contribution in [0.15, 0.2) is 42.5 Å². The van der Waals surface area contributed by atoms with Gasteiger partial charge in [-0.05, 0) is 55.0 Å². The van der Waals surface area contributed by atoms with Crippen molar-refractivity contribution < 1.29 is 9.90 Å². The van der Waals surface area contributed by atoms with Crippen LogP contribution in [-0.4, -0.2) is 11.1 Å². The van der Waals surface area contributed by atoms with Gasteiger partial charge in [0.05, 0.1) is 5.92 Å². The Hall–Kier alpha value is -2.09. The fourth-order valence-corrected chi connectivity index (χ4v) is 2.39. The number of aryl methyl sites for hydroxylation is 3. The van der Waals surface area contributed by atoms with Crippen LogP contribution in [0.2, 0.25) is 0 Å². The van der Waals surface area contributed by atoms with Crippen molar-refractivity contribution in [3.05, 3.63) is 70.3 Å². The van der Waals surface area contributed by atoms with Gasteiger partial charge in [0.1, 0.15) is 0 Å². The third kappa shape index (κ3) is 3.08. The maximum Gasteiger partial charge on any atom is 0.311 e. The summed E-state index contributed by atoms with van der Waals surface area (Å²) in [5, 5.41) is 9.54. The van der Waals surface area contributed by atoms with Crippen LogP contribution in [0.5, 0.6) is 0 Å². The third-order valence-corrected chi connectivity index (χ3v) is 3.92. The van der Waals surface area contributed by atoms with Crippen molar-refractivity contribution in [3.63, 3.8) is 0 Å². The Morgan fingerprint density at radius 3 is 2.30 bits per heavy atom. The third-order valence-electron chi connectivity index (χ3n) is 3.92. The molecule has 0 aliphatic carbocycles. The molecule has 20 heavy (non-hydrogen) atoms. The topological polar surface area (TPSA) is 37.3 Å². The quantitative estimate of drug-likeness (QED) is 0.909. The van der Waals surface area contributed by atoms with Crippen LogP contribution in [0, 0.1) is 20.8 Å². The maximum atomic E-state index is 11.6. The van der Waals surface area contributed by atoms with Gasteiger partial charge in [-0.2, -0.15) is 0 Å². The van der Waals surface area contributed by atoms with Crippen molar-refractivity contribution in [2.24, 2.45) is 0 Å². The van der Waals surface area contributed by atoms with Crippen LogP contribution in [0.4, 0.5) is 0 Å². The van der Waals surface area contributed by atoms with E-state index in [1.165, 1.54) is 5.56 Å². The zero-order chi connectivity index (χ0) is 14.7. The van der Waals surface area contributed by atoms with Crippen molar-refractivity contribution in [1.29, 1.82) is 0 Å². The molecule has 0 aliphatic rings. The minimum Gasteiger partial charge on any atom is -0.481 e. The molecule has 1 N–H and O–H groups in total. The summed E-state index contributed by atoms with van der Waals surface area (Å²) in [6.07, 6.45) is 0.532. The lowest BCUT2D eigenvalue weighted by atomic mass is 9.89. The van der Waals surface area contributed by atoms with Gasteiger partial charge in [-0.15, -0.1) is 0 Å². The molecule has 0 fully saturated rings. The van der Waals surface area contributed by atoms with E-state index in [4.69, 9.17) is 0 Å². The molecular formula is C18H20O2. The minimum atomic E-state index is -0.767. The first-order chi connectivity index (χ1) is 9.49. The van der Waals surface area contributed by atoms with Crippen molar-refractivity contribution in [2.45, 2.75) is 33.1 Å². The normalized spacial score (nSPS) is 12.2. The average Bonchev–Trinajstić information content (AvgIpc) is 2.41. The molecule has 2 rings (SSSR count). The molecular weight excluding hydrogens is 248 g/mol. The Morgan fingerprint density at radius 1 is 1.00 bits per heavy atom. The number of carboxylic acids is 1. The molecule has 0 bridgehead atoms. The van der Waals surface area contributed by atoms with E-state index in [9.17, 15) is 9.90 Å². The van der Waals surface area contributed by atoms with Gasteiger partial charge in [0.15, 0.2) is 0 Å². The lowest BCUT2D eigenvalue weighted by molar-refractivity contribution is -0.138. The summed E-state index contributed by atoms with van der Waals surface area (Å²) in [6.45, 7) is 6.08. The minimum absolute atomic E-state index is 0.490. The highest BCUT2D eigenvalue weighted by atomic mass is 16.4. The van der Waals surface area contributed by atoms with E-state index in [-0.39, 0.29) is 0 Å². The summed E-state index contributed by atoms with van der Waals surface area (Å²) in [4.78, 5) is 11.6. The molecule has 2 nitrogen and oxygen atoms in total. The molecule has 1 atom stereocenters. The predicted octanol–water partition coefficient (Wildman–Crippen LogP) is 4.02. The van der Waals surface area contributed by atoms with Crippen LogP contribution in [0.1, 0.15) is 33.7 Å². The highest BCUT2D eigenvalue weighted by Crippen LogP contribution is 2.25. The summed E-state index contributed by atoms with van der Waals surface area (Å²) in [5.41, 5.74) is 5.44. The first kappa shape index (κ1) is 14.3. The second-order valence-electron chi connectivity index (χ2n) is 5.37. The molecule has 2 aromatic rings. The van der Waals surface area contributed by atoms with Gasteiger partial charge in [-0.1, -0.05) is 42.5 Å². The Balaban J connectivity index is 2.34. The lowest BCUT2D eigenvalue weighted by Crippen LogP contribution is -2.15. The van der Waals surface area contributed by atoms with Gasteiger partial charge in [0, 0.05) is 0 Å². The predicted molar refractivity (Wildman–Crippen MR) is 81.2 cm³/mol. The molecule has 0 amide bonds. The fourth-order valence-electron chi connectivity index (χ4n) is 2.39. The molecule has 2 heteroatoms. The first-order valence-corrected chi connectivity index (χ1v) is 6.83. The van der Waals surface area contributed by atoms with E-state index in [1.807, 2.05) is 63.2 Å². The number of hydrogen-bond acceptors (Lipinski definition) is 1. The Labute approximate surface area is 120 Å². The highest BCUT2D eigenvalue weighted by molar-refractivity contribution is 5.76. The first-order valence-electron chi connectivity index (χ1n) is 6.83. The van der Waals surface area contributed by atoms with Crippen LogP contribution >= 0.6 is 0 Å². The van der Waals surface area contributed by atoms with Gasteiger partial charge < -0.3 is 5.11 Å². The molecule has 1 unspecified atom stereocenters. The molecule has 0 saturated heterocycles. The largest absolute Gasteiger partial charge is 0.481 e. The number of rotatable bonds is 4. The van der Waals surface area contributed by atoms with E-state index in [0.29, 0.717) is 6.42 Å². The Morgan fingerprint density at radius 2 is 1.70 bits per heavy atom. The van der Waals surface area contributed by atoms with Gasteiger partial charge in [-0.3, -0.25) is 4.79 Å². The van der Waals surface area contributed by atoms with Crippen molar-refractivity contribution in [2.75, 3.05) is 0 Å². The van der Waals surface area contributed by atoms with Gasteiger partial charge >= 0.3 is 5.97 Å².